The number of carbonyl (C=O) groups is 1. The number of hydrogen-bond acceptors (Lipinski definition) is 5. The molecule has 1 aliphatic heterocycles. The average Bonchev–Trinajstić information content (AvgIpc) is 3.11. The SMILES string of the molecule is O=C(c1cc(F)cc2ccoc12)N1CC(Cc2nn[nH]n2)C1. The van der Waals surface area contributed by atoms with Crippen molar-refractivity contribution >= 4 is 16.9 Å². The zero-order chi connectivity index (χ0) is 15.1. The summed E-state index contributed by atoms with van der Waals surface area (Å²) >= 11 is 0. The van der Waals surface area contributed by atoms with Gasteiger partial charge in [-0.15, -0.1) is 10.2 Å². The smallest absolute Gasteiger partial charge is 0.257 e. The molecule has 3 aromatic rings. The van der Waals surface area contributed by atoms with Gasteiger partial charge >= 0.3 is 0 Å². The molecule has 3 heterocycles. The van der Waals surface area contributed by atoms with Gasteiger partial charge in [0.05, 0.1) is 11.8 Å². The molecule has 1 aliphatic rings. The second-order valence-electron chi connectivity index (χ2n) is 5.40. The Morgan fingerprint density at radius 3 is 3.09 bits per heavy atom. The maximum Gasteiger partial charge on any atom is 0.257 e. The number of likely N-dealkylation sites (tertiary alicyclic amines) is 1. The summed E-state index contributed by atoms with van der Waals surface area (Å²) in [6.07, 6.45) is 2.12. The summed E-state index contributed by atoms with van der Waals surface area (Å²) in [5, 5.41) is 14.3. The van der Waals surface area contributed by atoms with Crippen molar-refractivity contribution in [3.8, 4) is 0 Å². The minimum atomic E-state index is -0.443. The number of halogens is 1. The number of hydrogen-bond donors (Lipinski definition) is 1. The Bertz CT molecular complexity index is 823. The molecule has 22 heavy (non-hydrogen) atoms. The number of aromatic nitrogens is 4. The molecule has 4 rings (SSSR count). The summed E-state index contributed by atoms with van der Waals surface area (Å²) in [4.78, 5) is 14.2. The van der Waals surface area contributed by atoms with Crippen LogP contribution in [-0.2, 0) is 6.42 Å². The van der Waals surface area contributed by atoms with Crippen molar-refractivity contribution in [3.05, 3.63) is 41.7 Å². The Labute approximate surface area is 124 Å². The van der Waals surface area contributed by atoms with E-state index in [0.29, 0.717) is 42.2 Å². The Morgan fingerprint density at radius 2 is 2.32 bits per heavy atom. The standard InChI is InChI=1S/C14H12FN5O2/c15-10-4-9-1-2-22-13(9)11(5-10)14(21)20-6-8(7-20)3-12-16-18-19-17-12/h1-2,4-5,8H,3,6-7H2,(H,16,17,18,19). The van der Waals surface area contributed by atoms with Gasteiger partial charge in [-0.2, -0.15) is 5.21 Å². The summed E-state index contributed by atoms with van der Waals surface area (Å²) in [7, 11) is 0. The molecule has 7 nitrogen and oxygen atoms in total. The largest absolute Gasteiger partial charge is 0.464 e. The molecular weight excluding hydrogens is 289 g/mol. The third-order valence-electron chi connectivity index (χ3n) is 3.85. The van der Waals surface area contributed by atoms with Crippen molar-refractivity contribution in [3.63, 3.8) is 0 Å². The van der Waals surface area contributed by atoms with E-state index in [-0.39, 0.29) is 11.5 Å². The maximum atomic E-state index is 13.6. The highest BCUT2D eigenvalue weighted by atomic mass is 19.1. The highest BCUT2D eigenvalue weighted by Gasteiger charge is 2.33. The minimum absolute atomic E-state index is 0.219. The van der Waals surface area contributed by atoms with Gasteiger partial charge in [0.15, 0.2) is 5.82 Å². The molecule has 1 saturated heterocycles. The van der Waals surface area contributed by atoms with E-state index >= 15 is 0 Å². The molecular formula is C14H12FN5O2. The van der Waals surface area contributed by atoms with Crippen molar-refractivity contribution < 1.29 is 13.6 Å². The number of amides is 1. The van der Waals surface area contributed by atoms with Crippen molar-refractivity contribution in [2.45, 2.75) is 6.42 Å². The van der Waals surface area contributed by atoms with Gasteiger partial charge in [0.25, 0.3) is 5.91 Å². The number of tetrazole rings is 1. The molecule has 1 amide bonds. The normalized spacial score (nSPS) is 15.2. The summed E-state index contributed by atoms with van der Waals surface area (Å²) in [5.74, 6) is 0.267. The third-order valence-corrected chi connectivity index (χ3v) is 3.85. The summed E-state index contributed by atoms with van der Waals surface area (Å²) < 4.78 is 18.9. The lowest BCUT2D eigenvalue weighted by Gasteiger charge is -2.38. The van der Waals surface area contributed by atoms with Crippen molar-refractivity contribution in [2.75, 3.05) is 13.1 Å². The molecule has 8 heteroatoms. The van der Waals surface area contributed by atoms with E-state index in [2.05, 4.69) is 20.6 Å². The topological polar surface area (TPSA) is 87.9 Å². The van der Waals surface area contributed by atoms with E-state index in [4.69, 9.17) is 4.42 Å². The third kappa shape index (κ3) is 2.12. The summed E-state index contributed by atoms with van der Waals surface area (Å²) in [6, 6.07) is 4.22. The quantitative estimate of drug-likeness (QED) is 0.790. The van der Waals surface area contributed by atoms with Crippen LogP contribution in [0.3, 0.4) is 0 Å². The minimum Gasteiger partial charge on any atom is -0.464 e. The van der Waals surface area contributed by atoms with Gasteiger partial charge in [-0.1, -0.05) is 5.21 Å². The highest BCUT2D eigenvalue weighted by molar-refractivity contribution is 6.05. The average molecular weight is 301 g/mol. The molecule has 1 aromatic carbocycles. The van der Waals surface area contributed by atoms with Gasteiger partial charge in [-0.25, -0.2) is 4.39 Å². The van der Waals surface area contributed by atoms with E-state index in [1.54, 1.807) is 11.0 Å². The zero-order valence-corrected chi connectivity index (χ0v) is 11.5. The van der Waals surface area contributed by atoms with Crippen LogP contribution in [0.5, 0.6) is 0 Å². The maximum absolute atomic E-state index is 13.6. The number of H-pyrrole nitrogens is 1. The van der Waals surface area contributed by atoms with Gasteiger partial charge in [-0.05, 0) is 18.2 Å². The molecule has 0 unspecified atom stereocenters. The number of rotatable bonds is 3. The van der Waals surface area contributed by atoms with Crippen LogP contribution < -0.4 is 0 Å². The predicted octanol–water partition coefficient (Wildman–Crippen LogP) is 1.40. The first-order valence-electron chi connectivity index (χ1n) is 6.89. The summed E-state index contributed by atoms with van der Waals surface area (Å²) in [6.45, 7) is 1.18. The molecule has 0 spiro atoms. The molecule has 0 bridgehead atoms. The number of benzene rings is 1. The Morgan fingerprint density at radius 1 is 1.45 bits per heavy atom. The molecule has 0 atom stereocenters. The Kier molecular flexibility index (Phi) is 2.88. The predicted molar refractivity (Wildman–Crippen MR) is 73.4 cm³/mol. The van der Waals surface area contributed by atoms with Crippen molar-refractivity contribution in [1.29, 1.82) is 0 Å². The highest BCUT2D eigenvalue weighted by Crippen LogP contribution is 2.26. The van der Waals surface area contributed by atoms with Crippen LogP contribution in [0.4, 0.5) is 4.39 Å². The number of furan rings is 1. The Balaban J connectivity index is 1.49. The second-order valence-corrected chi connectivity index (χ2v) is 5.40. The van der Waals surface area contributed by atoms with E-state index in [1.165, 1.54) is 18.4 Å². The van der Waals surface area contributed by atoms with Crippen LogP contribution in [0.15, 0.2) is 28.9 Å². The fourth-order valence-electron chi connectivity index (χ4n) is 2.77. The molecule has 0 radical (unpaired) electrons. The van der Waals surface area contributed by atoms with Crippen LogP contribution >= 0.6 is 0 Å². The Hall–Kier alpha value is -2.77. The molecule has 0 aliphatic carbocycles. The van der Waals surface area contributed by atoms with Gasteiger partial charge in [-0.3, -0.25) is 4.79 Å². The number of fused-ring (bicyclic) bond motifs is 1. The first-order chi connectivity index (χ1) is 10.7. The summed E-state index contributed by atoms with van der Waals surface area (Å²) in [5.41, 5.74) is 0.686. The molecule has 2 aromatic heterocycles. The fourth-order valence-corrected chi connectivity index (χ4v) is 2.77. The zero-order valence-electron chi connectivity index (χ0n) is 11.5. The van der Waals surface area contributed by atoms with Gasteiger partial charge in [0.1, 0.15) is 11.4 Å². The van der Waals surface area contributed by atoms with Gasteiger partial charge < -0.3 is 9.32 Å². The number of nitrogens with zero attached hydrogens (tertiary/aromatic N) is 4. The second kappa shape index (κ2) is 4.90. The first kappa shape index (κ1) is 12.9. The van der Waals surface area contributed by atoms with Gasteiger partial charge in [0, 0.05) is 30.8 Å². The van der Waals surface area contributed by atoms with Crippen LogP contribution in [0.25, 0.3) is 11.0 Å². The van der Waals surface area contributed by atoms with Gasteiger partial charge in [0.2, 0.25) is 0 Å². The van der Waals surface area contributed by atoms with E-state index in [0.717, 1.165) is 0 Å². The van der Waals surface area contributed by atoms with E-state index < -0.39 is 5.82 Å². The monoisotopic (exact) mass is 301 g/mol. The lowest BCUT2D eigenvalue weighted by molar-refractivity contribution is 0.0498. The first-order valence-corrected chi connectivity index (χ1v) is 6.89. The number of nitrogens with one attached hydrogen (secondary N) is 1. The molecule has 1 fully saturated rings. The van der Waals surface area contributed by atoms with E-state index in [1.807, 2.05) is 0 Å². The van der Waals surface area contributed by atoms with Crippen LogP contribution in [-0.4, -0.2) is 44.5 Å². The number of aromatic amines is 1. The molecule has 0 saturated carbocycles. The fraction of sp³-hybridized carbons (Fsp3) is 0.286. The lowest BCUT2D eigenvalue weighted by Crippen LogP contribution is -2.50. The van der Waals surface area contributed by atoms with E-state index in [9.17, 15) is 9.18 Å². The van der Waals surface area contributed by atoms with Crippen LogP contribution in [0, 0.1) is 11.7 Å². The molecule has 1 N–H and O–H groups in total. The van der Waals surface area contributed by atoms with Crippen LogP contribution in [0.2, 0.25) is 0 Å². The lowest BCUT2D eigenvalue weighted by atomic mass is 9.95. The number of carbonyl (C=O) groups excluding carboxylic acids is 1. The van der Waals surface area contributed by atoms with Crippen molar-refractivity contribution in [2.24, 2.45) is 5.92 Å². The van der Waals surface area contributed by atoms with Crippen molar-refractivity contribution in [1.82, 2.24) is 25.5 Å². The molecule has 112 valence electrons. The van der Waals surface area contributed by atoms with Crippen LogP contribution in [0.1, 0.15) is 16.2 Å².